The number of aliphatic carboxylic acids is 1. The van der Waals surface area contributed by atoms with E-state index in [9.17, 15) is 9.59 Å². The van der Waals surface area contributed by atoms with E-state index in [1.807, 2.05) is 0 Å². The zero-order valence-electron chi connectivity index (χ0n) is 7.81. The second kappa shape index (κ2) is 3.08. The first-order chi connectivity index (χ1) is 5.95. The molecule has 13 heavy (non-hydrogen) atoms. The monoisotopic (exact) mass is 184 g/mol. The standard InChI is InChI=1S/C8H12N2O3/c1-5(8(12)13)6-4-7(11)10(3)9(6)2/h4-5H,1-3H3,(H,12,13). The Kier molecular flexibility index (Phi) is 2.27. The third-order valence-corrected chi connectivity index (χ3v) is 2.23. The predicted octanol–water partition coefficient (Wildman–Crippen LogP) is -0.0881. The molecule has 1 N–H and O–H groups in total. The molecule has 5 heteroatoms. The normalized spacial score (nSPS) is 12.8. The zero-order chi connectivity index (χ0) is 10.2. The summed E-state index contributed by atoms with van der Waals surface area (Å²) < 4.78 is 2.91. The third-order valence-electron chi connectivity index (χ3n) is 2.23. The van der Waals surface area contributed by atoms with Crippen LogP contribution in [0.1, 0.15) is 18.5 Å². The molecule has 1 aromatic rings. The first-order valence-electron chi connectivity index (χ1n) is 3.91. The first-order valence-corrected chi connectivity index (χ1v) is 3.91. The molecule has 0 aliphatic carbocycles. The van der Waals surface area contributed by atoms with Gasteiger partial charge in [0, 0.05) is 20.2 Å². The molecule has 0 radical (unpaired) electrons. The molecule has 5 nitrogen and oxygen atoms in total. The van der Waals surface area contributed by atoms with Crippen molar-refractivity contribution in [1.29, 1.82) is 0 Å². The summed E-state index contributed by atoms with van der Waals surface area (Å²) in [5.41, 5.74) is 0.325. The van der Waals surface area contributed by atoms with Gasteiger partial charge in [-0.2, -0.15) is 0 Å². The van der Waals surface area contributed by atoms with Crippen LogP contribution in [0, 0.1) is 0 Å². The van der Waals surface area contributed by atoms with Crippen LogP contribution in [0.4, 0.5) is 0 Å². The number of hydrogen-bond acceptors (Lipinski definition) is 2. The highest BCUT2D eigenvalue weighted by atomic mass is 16.4. The van der Waals surface area contributed by atoms with Gasteiger partial charge in [0.05, 0.1) is 11.6 Å². The Morgan fingerprint density at radius 2 is 2.00 bits per heavy atom. The summed E-state index contributed by atoms with van der Waals surface area (Å²) in [7, 11) is 3.26. The summed E-state index contributed by atoms with van der Waals surface area (Å²) in [5.74, 6) is -1.58. The summed E-state index contributed by atoms with van der Waals surface area (Å²) in [4.78, 5) is 21.8. The second-order valence-corrected chi connectivity index (χ2v) is 3.01. The average Bonchev–Trinajstić information content (AvgIpc) is 2.31. The van der Waals surface area contributed by atoms with Gasteiger partial charge in [-0.15, -0.1) is 0 Å². The van der Waals surface area contributed by atoms with E-state index in [0.29, 0.717) is 5.69 Å². The van der Waals surface area contributed by atoms with Crippen LogP contribution >= 0.6 is 0 Å². The summed E-state index contributed by atoms with van der Waals surface area (Å²) in [6.45, 7) is 1.55. The molecule has 72 valence electrons. The number of rotatable bonds is 2. The maximum Gasteiger partial charge on any atom is 0.312 e. The van der Waals surface area contributed by atoms with Crippen molar-refractivity contribution in [3.8, 4) is 0 Å². The third kappa shape index (κ3) is 1.49. The van der Waals surface area contributed by atoms with Crippen molar-refractivity contribution < 1.29 is 9.90 Å². The number of hydrogen-bond donors (Lipinski definition) is 1. The van der Waals surface area contributed by atoms with E-state index >= 15 is 0 Å². The summed E-state index contributed by atoms with van der Waals surface area (Å²) >= 11 is 0. The van der Waals surface area contributed by atoms with E-state index in [0.717, 1.165) is 0 Å². The maximum atomic E-state index is 11.1. The Morgan fingerprint density at radius 1 is 1.46 bits per heavy atom. The van der Waals surface area contributed by atoms with E-state index in [-0.39, 0.29) is 5.56 Å². The van der Waals surface area contributed by atoms with Crippen LogP contribution in [0.25, 0.3) is 0 Å². The number of carboxylic acid groups (broad SMARTS) is 1. The van der Waals surface area contributed by atoms with E-state index in [4.69, 9.17) is 5.11 Å². The van der Waals surface area contributed by atoms with Crippen molar-refractivity contribution in [2.24, 2.45) is 14.1 Å². The van der Waals surface area contributed by atoms with Crippen molar-refractivity contribution >= 4 is 5.97 Å². The molecule has 0 bridgehead atoms. The van der Waals surface area contributed by atoms with Crippen LogP contribution in [0.5, 0.6) is 0 Å². The fourth-order valence-corrected chi connectivity index (χ4v) is 1.17. The SMILES string of the molecule is CC(C(=O)O)c1cc(=O)n(C)n1C. The summed E-state index contributed by atoms with van der Waals surface area (Å²) in [5, 5.41) is 8.74. The molecular weight excluding hydrogens is 172 g/mol. The zero-order valence-corrected chi connectivity index (χ0v) is 7.81. The van der Waals surface area contributed by atoms with E-state index in [1.165, 1.54) is 10.7 Å². The summed E-state index contributed by atoms with van der Waals surface area (Å²) in [6.07, 6.45) is 0. The van der Waals surface area contributed by atoms with Gasteiger partial charge in [0.15, 0.2) is 0 Å². The Labute approximate surface area is 75.2 Å². The molecule has 1 rings (SSSR count). The second-order valence-electron chi connectivity index (χ2n) is 3.01. The van der Waals surface area contributed by atoms with Crippen molar-refractivity contribution in [3.63, 3.8) is 0 Å². The number of aromatic nitrogens is 2. The molecule has 0 saturated carbocycles. The molecule has 1 unspecified atom stereocenters. The van der Waals surface area contributed by atoms with Crippen LogP contribution < -0.4 is 5.56 Å². The Morgan fingerprint density at radius 3 is 2.31 bits per heavy atom. The van der Waals surface area contributed by atoms with Crippen molar-refractivity contribution in [1.82, 2.24) is 9.36 Å². The van der Waals surface area contributed by atoms with Gasteiger partial charge >= 0.3 is 5.97 Å². The molecule has 0 aromatic carbocycles. The molecule has 0 aliphatic heterocycles. The molecule has 0 aliphatic rings. The highest BCUT2D eigenvalue weighted by molar-refractivity contribution is 5.74. The van der Waals surface area contributed by atoms with Crippen LogP contribution in [-0.4, -0.2) is 20.4 Å². The molecule has 1 atom stereocenters. The van der Waals surface area contributed by atoms with Crippen LogP contribution in [0.15, 0.2) is 10.9 Å². The minimum Gasteiger partial charge on any atom is -0.481 e. The van der Waals surface area contributed by atoms with Crippen LogP contribution in [-0.2, 0) is 18.9 Å². The number of carboxylic acids is 1. The molecule has 0 spiro atoms. The highest BCUT2D eigenvalue weighted by Gasteiger charge is 2.18. The molecule has 1 aromatic heterocycles. The van der Waals surface area contributed by atoms with E-state index < -0.39 is 11.9 Å². The van der Waals surface area contributed by atoms with Gasteiger partial charge < -0.3 is 5.11 Å². The van der Waals surface area contributed by atoms with Crippen molar-refractivity contribution in [3.05, 3.63) is 22.1 Å². The molecule has 1 heterocycles. The van der Waals surface area contributed by atoms with Crippen molar-refractivity contribution in [2.45, 2.75) is 12.8 Å². The Balaban J connectivity index is 3.23. The Hall–Kier alpha value is -1.52. The fourth-order valence-electron chi connectivity index (χ4n) is 1.17. The van der Waals surface area contributed by atoms with Gasteiger partial charge in [0.25, 0.3) is 5.56 Å². The number of nitrogens with zero attached hydrogens (tertiary/aromatic N) is 2. The minimum atomic E-state index is -0.929. The van der Waals surface area contributed by atoms with Crippen molar-refractivity contribution in [2.75, 3.05) is 0 Å². The lowest BCUT2D eigenvalue weighted by atomic mass is 10.1. The van der Waals surface area contributed by atoms with Gasteiger partial charge in [-0.25, -0.2) is 0 Å². The van der Waals surface area contributed by atoms with Crippen LogP contribution in [0.2, 0.25) is 0 Å². The van der Waals surface area contributed by atoms with Gasteiger partial charge in [-0.05, 0) is 6.92 Å². The molecule has 0 saturated heterocycles. The summed E-state index contributed by atoms with van der Waals surface area (Å²) in [6, 6.07) is 1.35. The van der Waals surface area contributed by atoms with Gasteiger partial charge in [-0.1, -0.05) is 0 Å². The smallest absolute Gasteiger partial charge is 0.312 e. The molecule has 0 fully saturated rings. The lowest BCUT2D eigenvalue weighted by Gasteiger charge is -2.08. The minimum absolute atomic E-state index is 0.189. The van der Waals surface area contributed by atoms with Gasteiger partial charge in [0.2, 0.25) is 0 Å². The number of carbonyl (C=O) groups is 1. The topological polar surface area (TPSA) is 64.2 Å². The van der Waals surface area contributed by atoms with Gasteiger partial charge in [-0.3, -0.25) is 19.0 Å². The Bertz CT molecular complexity index is 389. The largest absolute Gasteiger partial charge is 0.481 e. The lowest BCUT2D eigenvalue weighted by Crippen LogP contribution is -2.18. The molecule has 0 amide bonds. The lowest BCUT2D eigenvalue weighted by molar-refractivity contribution is -0.138. The predicted molar refractivity (Wildman–Crippen MR) is 46.7 cm³/mol. The quantitative estimate of drug-likeness (QED) is 0.698. The maximum absolute atomic E-state index is 11.1. The first kappa shape index (κ1) is 9.57. The van der Waals surface area contributed by atoms with Gasteiger partial charge in [0.1, 0.15) is 0 Å². The molecular formula is C8H12N2O3. The fraction of sp³-hybridized carbons (Fsp3) is 0.500. The highest BCUT2D eigenvalue weighted by Crippen LogP contribution is 2.12. The van der Waals surface area contributed by atoms with E-state index in [2.05, 4.69) is 0 Å². The average molecular weight is 184 g/mol. The van der Waals surface area contributed by atoms with E-state index in [1.54, 1.807) is 25.7 Å². The van der Waals surface area contributed by atoms with Crippen LogP contribution in [0.3, 0.4) is 0 Å².